The molecular formula is C21H24N8OS. The predicted octanol–water partition coefficient (Wildman–Crippen LogP) is 3.57. The number of likely N-dealkylation sites (tertiary alicyclic amines) is 1. The lowest BCUT2D eigenvalue weighted by molar-refractivity contribution is -0.130. The molecule has 0 spiro atoms. The highest BCUT2D eigenvalue weighted by Crippen LogP contribution is 2.27. The molecule has 2 N–H and O–H groups in total. The van der Waals surface area contributed by atoms with E-state index in [9.17, 15) is 4.79 Å². The molecule has 10 heteroatoms. The lowest BCUT2D eigenvalue weighted by atomic mass is 10.2. The highest BCUT2D eigenvalue weighted by molar-refractivity contribution is 7.10. The van der Waals surface area contributed by atoms with Crippen LogP contribution >= 0.6 is 11.5 Å². The van der Waals surface area contributed by atoms with Gasteiger partial charge in [-0.3, -0.25) is 14.3 Å². The fourth-order valence-corrected chi connectivity index (χ4v) is 4.62. The molecule has 0 bridgehead atoms. The number of anilines is 2. The van der Waals surface area contributed by atoms with Crippen molar-refractivity contribution in [3.8, 4) is 11.3 Å². The van der Waals surface area contributed by atoms with Crippen molar-refractivity contribution in [3.05, 3.63) is 42.2 Å². The van der Waals surface area contributed by atoms with E-state index in [-0.39, 0.29) is 5.91 Å². The van der Waals surface area contributed by atoms with Crippen molar-refractivity contribution in [1.82, 2.24) is 33.8 Å². The molecule has 1 aliphatic heterocycles. The molecule has 0 atom stereocenters. The summed E-state index contributed by atoms with van der Waals surface area (Å²) in [5.41, 5.74) is 4.26. The number of rotatable bonds is 5. The van der Waals surface area contributed by atoms with Crippen LogP contribution in [0.5, 0.6) is 0 Å². The minimum absolute atomic E-state index is 0.160. The number of hydrogen-bond acceptors (Lipinski definition) is 7. The highest BCUT2D eigenvalue weighted by Gasteiger charge is 2.18. The highest BCUT2D eigenvalue weighted by atomic mass is 32.1. The van der Waals surface area contributed by atoms with Gasteiger partial charge in [-0.2, -0.15) is 9.47 Å². The van der Waals surface area contributed by atoms with Crippen LogP contribution in [0.15, 0.2) is 30.9 Å². The third-order valence-corrected chi connectivity index (χ3v) is 6.24. The number of aromatic nitrogens is 6. The molecule has 0 aromatic carbocycles. The molecule has 5 rings (SSSR count). The van der Waals surface area contributed by atoms with Crippen LogP contribution < -0.4 is 5.32 Å². The van der Waals surface area contributed by atoms with Crippen molar-refractivity contribution in [3.63, 3.8) is 0 Å². The van der Waals surface area contributed by atoms with Gasteiger partial charge in [0.2, 0.25) is 5.91 Å². The standard InChI is InChI=1S/C21H24N8OS/c1-14-13-29-17(15-10-23-24-11-15)12-22-21(29)20(25-14)26-18-8-16(27-31-18)9-19(30)28-6-4-2-3-5-7-28/h8,10-13H,2-7,9H2,1H3,(H,23,24)(H,25,26). The normalized spacial score (nSPS) is 14.7. The summed E-state index contributed by atoms with van der Waals surface area (Å²) < 4.78 is 6.48. The number of H-pyrrole nitrogens is 1. The first kappa shape index (κ1) is 19.7. The first-order chi connectivity index (χ1) is 15.2. The summed E-state index contributed by atoms with van der Waals surface area (Å²) in [6, 6.07) is 1.93. The minimum Gasteiger partial charge on any atom is -0.342 e. The van der Waals surface area contributed by atoms with Crippen LogP contribution in [0.3, 0.4) is 0 Å². The largest absolute Gasteiger partial charge is 0.342 e. The number of aryl methyl sites for hydroxylation is 1. The second-order valence-corrected chi connectivity index (χ2v) is 8.64. The Labute approximate surface area is 183 Å². The van der Waals surface area contributed by atoms with Crippen LogP contribution in [0, 0.1) is 6.92 Å². The Hall–Kier alpha value is -3.27. The molecule has 1 aliphatic rings. The summed E-state index contributed by atoms with van der Waals surface area (Å²) in [6.45, 7) is 3.66. The van der Waals surface area contributed by atoms with E-state index in [0.717, 1.165) is 59.2 Å². The number of imidazole rings is 1. The van der Waals surface area contributed by atoms with Gasteiger partial charge in [0.1, 0.15) is 5.00 Å². The van der Waals surface area contributed by atoms with Gasteiger partial charge in [0.15, 0.2) is 11.5 Å². The summed E-state index contributed by atoms with van der Waals surface area (Å²) in [5.74, 6) is 0.816. The predicted molar refractivity (Wildman–Crippen MR) is 119 cm³/mol. The maximum atomic E-state index is 12.7. The number of aromatic amines is 1. The Balaban J connectivity index is 1.35. The summed E-state index contributed by atoms with van der Waals surface area (Å²) in [5, 5.41) is 11.0. The van der Waals surface area contributed by atoms with Gasteiger partial charge in [-0.1, -0.05) is 12.8 Å². The second-order valence-electron chi connectivity index (χ2n) is 7.83. The molecule has 1 amide bonds. The van der Waals surface area contributed by atoms with Crippen molar-refractivity contribution >= 4 is 33.9 Å². The number of nitrogens with zero attached hydrogens (tertiary/aromatic N) is 6. The Kier molecular flexibility index (Phi) is 5.37. The van der Waals surface area contributed by atoms with E-state index in [1.54, 1.807) is 6.20 Å². The molecule has 31 heavy (non-hydrogen) atoms. The Morgan fingerprint density at radius 3 is 2.84 bits per heavy atom. The number of fused-ring (bicyclic) bond motifs is 1. The minimum atomic E-state index is 0.160. The molecule has 0 radical (unpaired) electrons. The fraction of sp³-hybridized carbons (Fsp3) is 0.381. The molecule has 4 aromatic heterocycles. The zero-order chi connectivity index (χ0) is 21.2. The van der Waals surface area contributed by atoms with Crippen molar-refractivity contribution in [1.29, 1.82) is 0 Å². The van der Waals surface area contributed by atoms with Crippen LogP contribution in [0.4, 0.5) is 10.8 Å². The van der Waals surface area contributed by atoms with E-state index in [4.69, 9.17) is 0 Å². The summed E-state index contributed by atoms with van der Waals surface area (Å²) >= 11 is 1.33. The van der Waals surface area contributed by atoms with Gasteiger partial charge in [0.25, 0.3) is 0 Å². The topological polar surface area (TPSA) is 104 Å². The quantitative estimate of drug-likeness (QED) is 0.496. The zero-order valence-electron chi connectivity index (χ0n) is 17.3. The lowest BCUT2D eigenvalue weighted by Crippen LogP contribution is -2.33. The molecular weight excluding hydrogens is 412 g/mol. The van der Waals surface area contributed by atoms with E-state index < -0.39 is 0 Å². The first-order valence-corrected chi connectivity index (χ1v) is 11.3. The van der Waals surface area contributed by atoms with Crippen molar-refractivity contribution in [2.24, 2.45) is 0 Å². The van der Waals surface area contributed by atoms with E-state index in [2.05, 4.69) is 29.9 Å². The third-order valence-electron chi connectivity index (χ3n) is 5.50. The maximum absolute atomic E-state index is 12.7. The molecule has 5 heterocycles. The molecule has 160 valence electrons. The molecule has 0 unspecified atom stereocenters. The molecule has 0 saturated carbocycles. The van der Waals surface area contributed by atoms with Gasteiger partial charge in [0, 0.05) is 31.0 Å². The number of carbonyl (C=O) groups excluding carboxylic acids is 1. The van der Waals surface area contributed by atoms with Gasteiger partial charge in [0.05, 0.1) is 35.9 Å². The molecule has 1 saturated heterocycles. The van der Waals surface area contributed by atoms with Crippen molar-refractivity contribution in [2.75, 3.05) is 18.4 Å². The van der Waals surface area contributed by atoms with Crippen molar-refractivity contribution < 1.29 is 4.79 Å². The third kappa shape index (κ3) is 4.15. The fourth-order valence-electron chi connectivity index (χ4n) is 3.95. The van der Waals surface area contributed by atoms with E-state index in [1.165, 1.54) is 24.4 Å². The number of hydrogen-bond donors (Lipinski definition) is 2. The molecule has 9 nitrogen and oxygen atoms in total. The van der Waals surface area contributed by atoms with E-state index >= 15 is 0 Å². The SMILES string of the molecule is Cc1cn2c(-c3cn[nH]c3)cnc2c(Nc2cc(CC(=O)N3CCCCCC3)ns2)n1. The van der Waals surface area contributed by atoms with Crippen LogP contribution in [0.2, 0.25) is 0 Å². The average Bonchev–Trinajstić information content (AvgIpc) is 3.46. The van der Waals surface area contributed by atoms with Crippen LogP contribution in [-0.2, 0) is 11.2 Å². The van der Waals surface area contributed by atoms with Gasteiger partial charge >= 0.3 is 0 Å². The van der Waals surface area contributed by atoms with E-state index in [0.29, 0.717) is 12.2 Å². The Bertz CT molecular complexity index is 1190. The molecule has 4 aromatic rings. The van der Waals surface area contributed by atoms with Crippen LogP contribution in [-0.4, -0.2) is 52.8 Å². The van der Waals surface area contributed by atoms with Gasteiger partial charge < -0.3 is 10.2 Å². The summed E-state index contributed by atoms with van der Waals surface area (Å²) in [4.78, 5) is 23.8. The number of carbonyl (C=O) groups is 1. The van der Waals surface area contributed by atoms with Crippen LogP contribution in [0.1, 0.15) is 37.1 Å². The summed E-state index contributed by atoms with van der Waals surface area (Å²) in [7, 11) is 0. The summed E-state index contributed by atoms with van der Waals surface area (Å²) in [6.07, 6.45) is 12.3. The first-order valence-electron chi connectivity index (χ1n) is 10.5. The average molecular weight is 437 g/mol. The monoisotopic (exact) mass is 436 g/mol. The van der Waals surface area contributed by atoms with Crippen molar-refractivity contribution in [2.45, 2.75) is 39.0 Å². The van der Waals surface area contributed by atoms with Gasteiger partial charge in [-0.15, -0.1) is 0 Å². The second kappa shape index (κ2) is 8.46. The smallest absolute Gasteiger partial charge is 0.228 e. The molecule has 1 fully saturated rings. The van der Waals surface area contributed by atoms with E-state index in [1.807, 2.05) is 40.9 Å². The Morgan fingerprint density at radius 2 is 2.06 bits per heavy atom. The van der Waals surface area contributed by atoms with Crippen LogP contribution in [0.25, 0.3) is 16.9 Å². The molecule has 0 aliphatic carbocycles. The van der Waals surface area contributed by atoms with Gasteiger partial charge in [-0.25, -0.2) is 9.97 Å². The number of amides is 1. The zero-order valence-corrected chi connectivity index (χ0v) is 18.2. The lowest BCUT2D eigenvalue weighted by Gasteiger charge is -2.19. The van der Waals surface area contributed by atoms with Gasteiger partial charge in [-0.05, 0) is 37.4 Å². The maximum Gasteiger partial charge on any atom is 0.228 e. The Morgan fingerprint density at radius 1 is 1.23 bits per heavy atom. The number of nitrogens with one attached hydrogen (secondary N) is 2.